The van der Waals surface area contributed by atoms with E-state index in [2.05, 4.69) is 15.3 Å². The monoisotopic (exact) mass is 434 g/mol. The number of hydrogen-bond donors (Lipinski definition) is 1. The van der Waals surface area contributed by atoms with E-state index in [0.29, 0.717) is 39.5 Å². The molecule has 156 valence electrons. The molecule has 0 aliphatic carbocycles. The smallest absolute Gasteiger partial charge is 0.261 e. The number of methoxy groups -OCH3 is 1. The Bertz CT molecular complexity index is 1320. The minimum Gasteiger partial charge on any atom is -0.497 e. The average molecular weight is 435 g/mol. The summed E-state index contributed by atoms with van der Waals surface area (Å²) < 4.78 is 6.77. The van der Waals surface area contributed by atoms with Crippen LogP contribution in [0.3, 0.4) is 0 Å². The summed E-state index contributed by atoms with van der Waals surface area (Å²) in [6, 6.07) is 13.9. The van der Waals surface area contributed by atoms with Gasteiger partial charge < -0.3 is 10.1 Å². The lowest BCUT2D eigenvalue weighted by Crippen LogP contribution is -2.24. The summed E-state index contributed by atoms with van der Waals surface area (Å²) in [5.74, 6) is 0.942. The third kappa shape index (κ3) is 4.27. The number of carbonyl (C=O) groups excluding carboxylic acids is 1. The van der Waals surface area contributed by atoms with Crippen molar-refractivity contribution in [3.63, 3.8) is 0 Å². The van der Waals surface area contributed by atoms with Crippen molar-refractivity contribution in [1.29, 1.82) is 0 Å². The van der Waals surface area contributed by atoms with Crippen LogP contribution in [0, 0.1) is 6.92 Å². The molecule has 1 N–H and O–H groups in total. The van der Waals surface area contributed by atoms with E-state index in [9.17, 15) is 9.59 Å². The van der Waals surface area contributed by atoms with Gasteiger partial charge in [0.1, 0.15) is 11.6 Å². The number of carbonyl (C=O) groups is 1. The van der Waals surface area contributed by atoms with Gasteiger partial charge in [0.25, 0.3) is 11.5 Å². The Morgan fingerprint density at radius 1 is 1.19 bits per heavy atom. The molecular formula is C23H19ClN4O3. The number of nitrogens with zero attached hydrogens (tertiary/aromatic N) is 3. The zero-order valence-electron chi connectivity index (χ0n) is 16.9. The molecule has 0 saturated carbocycles. The fraction of sp³-hybridized carbons (Fsp3) is 0.130. The molecule has 1 amide bonds. The van der Waals surface area contributed by atoms with Gasteiger partial charge in [-0.2, -0.15) is 0 Å². The number of amides is 1. The molecule has 0 atom stereocenters. The van der Waals surface area contributed by atoms with Gasteiger partial charge in [0.15, 0.2) is 0 Å². The van der Waals surface area contributed by atoms with Gasteiger partial charge in [-0.05, 0) is 48.9 Å². The number of aromatic nitrogens is 3. The van der Waals surface area contributed by atoms with E-state index in [0.717, 1.165) is 11.3 Å². The van der Waals surface area contributed by atoms with Gasteiger partial charge in [-0.25, -0.2) is 4.98 Å². The Hall–Kier alpha value is -3.71. The molecule has 2 aromatic heterocycles. The van der Waals surface area contributed by atoms with Crippen LogP contribution >= 0.6 is 11.6 Å². The number of hydrogen-bond acceptors (Lipinski definition) is 5. The maximum absolute atomic E-state index is 13.2. The molecule has 7 nitrogen and oxygen atoms in total. The number of aryl methyl sites for hydroxylation is 1. The van der Waals surface area contributed by atoms with Crippen LogP contribution in [0.5, 0.6) is 5.75 Å². The number of anilines is 1. The predicted octanol–water partition coefficient (Wildman–Crippen LogP) is 4.06. The lowest BCUT2D eigenvalue weighted by Gasteiger charge is -2.13. The van der Waals surface area contributed by atoms with Crippen LogP contribution in [-0.2, 0) is 6.54 Å². The van der Waals surface area contributed by atoms with Gasteiger partial charge >= 0.3 is 0 Å². The molecule has 0 radical (unpaired) electrons. The number of nitrogens with one attached hydrogen (secondary N) is 1. The van der Waals surface area contributed by atoms with Crippen molar-refractivity contribution in [1.82, 2.24) is 14.5 Å². The molecule has 4 aromatic rings. The molecule has 0 spiro atoms. The van der Waals surface area contributed by atoms with Crippen molar-refractivity contribution in [2.45, 2.75) is 13.5 Å². The first-order valence-corrected chi connectivity index (χ1v) is 9.89. The second-order valence-electron chi connectivity index (χ2n) is 6.94. The number of pyridine rings is 1. The molecule has 2 aromatic carbocycles. The first-order chi connectivity index (χ1) is 15.0. The molecule has 0 aliphatic heterocycles. The molecule has 0 unspecified atom stereocenters. The Labute approximate surface area is 183 Å². The predicted molar refractivity (Wildman–Crippen MR) is 120 cm³/mol. The highest BCUT2D eigenvalue weighted by Crippen LogP contribution is 2.26. The van der Waals surface area contributed by atoms with Gasteiger partial charge in [0.2, 0.25) is 0 Å². The topological polar surface area (TPSA) is 86.1 Å². The summed E-state index contributed by atoms with van der Waals surface area (Å²) >= 11 is 6.35. The highest BCUT2D eigenvalue weighted by Gasteiger charge is 2.14. The van der Waals surface area contributed by atoms with E-state index in [1.165, 1.54) is 6.20 Å². The molecule has 4 rings (SSSR count). The van der Waals surface area contributed by atoms with E-state index >= 15 is 0 Å². The molecule has 0 saturated heterocycles. The zero-order valence-corrected chi connectivity index (χ0v) is 17.7. The molecule has 0 aliphatic rings. The summed E-state index contributed by atoms with van der Waals surface area (Å²) in [7, 11) is 1.60. The van der Waals surface area contributed by atoms with Gasteiger partial charge in [-0.3, -0.25) is 19.1 Å². The van der Waals surface area contributed by atoms with E-state index in [1.54, 1.807) is 49.1 Å². The highest BCUT2D eigenvalue weighted by molar-refractivity contribution is 6.34. The summed E-state index contributed by atoms with van der Waals surface area (Å²) in [5, 5.41) is 3.40. The summed E-state index contributed by atoms with van der Waals surface area (Å²) in [6.45, 7) is 2.13. The first-order valence-electron chi connectivity index (χ1n) is 9.51. The molecular weight excluding hydrogens is 416 g/mol. The number of halogens is 1. The normalized spacial score (nSPS) is 10.8. The van der Waals surface area contributed by atoms with Crippen molar-refractivity contribution in [2.75, 3.05) is 12.4 Å². The number of rotatable bonds is 5. The van der Waals surface area contributed by atoms with Crippen LogP contribution in [0.25, 0.3) is 10.9 Å². The van der Waals surface area contributed by atoms with Gasteiger partial charge in [0, 0.05) is 12.4 Å². The summed E-state index contributed by atoms with van der Waals surface area (Å²) in [6.07, 6.45) is 3.04. The van der Waals surface area contributed by atoms with Gasteiger partial charge in [-0.15, -0.1) is 0 Å². The first kappa shape index (κ1) is 20.6. The quantitative estimate of drug-likeness (QED) is 0.512. The maximum atomic E-state index is 13.2. The van der Waals surface area contributed by atoms with E-state index in [-0.39, 0.29) is 11.5 Å². The van der Waals surface area contributed by atoms with Crippen LogP contribution in [0.4, 0.5) is 5.69 Å². The lowest BCUT2D eigenvalue weighted by molar-refractivity contribution is 0.102. The molecule has 2 heterocycles. The fourth-order valence-corrected chi connectivity index (χ4v) is 3.45. The van der Waals surface area contributed by atoms with E-state index in [4.69, 9.17) is 16.3 Å². The molecule has 8 heteroatoms. The van der Waals surface area contributed by atoms with Crippen molar-refractivity contribution in [2.24, 2.45) is 0 Å². The van der Waals surface area contributed by atoms with Crippen LogP contribution < -0.4 is 15.6 Å². The molecule has 0 fully saturated rings. The van der Waals surface area contributed by atoms with Crippen molar-refractivity contribution in [3.8, 4) is 5.75 Å². The molecule has 31 heavy (non-hydrogen) atoms. The van der Waals surface area contributed by atoms with Crippen LogP contribution in [0.1, 0.15) is 21.7 Å². The second kappa shape index (κ2) is 8.57. The third-order valence-electron chi connectivity index (χ3n) is 4.91. The van der Waals surface area contributed by atoms with Crippen molar-refractivity contribution < 1.29 is 9.53 Å². The van der Waals surface area contributed by atoms with Gasteiger partial charge in [-0.1, -0.05) is 23.7 Å². The Balaban J connectivity index is 1.72. The van der Waals surface area contributed by atoms with E-state index < -0.39 is 0 Å². The Morgan fingerprint density at radius 3 is 2.65 bits per heavy atom. The Kier molecular flexibility index (Phi) is 5.68. The van der Waals surface area contributed by atoms with Crippen LogP contribution in [-0.4, -0.2) is 27.6 Å². The number of fused-ring (bicyclic) bond motifs is 1. The largest absolute Gasteiger partial charge is 0.497 e. The highest BCUT2D eigenvalue weighted by atomic mass is 35.5. The van der Waals surface area contributed by atoms with Crippen LogP contribution in [0.15, 0.2) is 65.7 Å². The summed E-state index contributed by atoms with van der Waals surface area (Å²) in [4.78, 5) is 34.2. The van der Waals surface area contributed by atoms with E-state index in [1.807, 2.05) is 24.3 Å². The summed E-state index contributed by atoms with van der Waals surface area (Å²) in [5.41, 5.74) is 1.91. The second-order valence-corrected chi connectivity index (χ2v) is 7.35. The minimum absolute atomic E-state index is 0.216. The number of ether oxygens (including phenoxy) is 1. The SMILES string of the molecule is COc1ccc(Cn2c(C)nc3cc(Cl)c(NC(=O)c4cccnc4)cc3c2=O)cc1. The van der Waals surface area contributed by atoms with Crippen molar-refractivity contribution in [3.05, 3.63) is 93.3 Å². The maximum Gasteiger partial charge on any atom is 0.261 e. The van der Waals surface area contributed by atoms with Gasteiger partial charge in [0.05, 0.1) is 40.8 Å². The number of benzene rings is 2. The lowest BCUT2D eigenvalue weighted by atomic mass is 10.2. The average Bonchev–Trinajstić information content (AvgIpc) is 2.78. The van der Waals surface area contributed by atoms with Crippen molar-refractivity contribution >= 4 is 34.1 Å². The zero-order chi connectivity index (χ0) is 22.0. The van der Waals surface area contributed by atoms with Crippen LogP contribution in [0.2, 0.25) is 5.02 Å². The standard InChI is InChI=1S/C23H19ClN4O3/c1-14-26-20-11-19(24)21(27-22(29)16-4-3-9-25-12-16)10-18(20)23(30)28(14)13-15-5-7-17(31-2)8-6-15/h3-12H,13H2,1-2H3,(H,27,29). The molecule has 0 bridgehead atoms. The Morgan fingerprint density at radius 2 is 1.97 bits per heavy atom. The third-order valence-corrected chi connectivity index (χ3v) is 5.22. The minimum atomic E-state index is -0.368. The fourth-order valence-electron chi connectivity index (χ4n) is 3.24.